The van der Waals surface area contributed by atoms with Crippen molar-refractivity contribution >= 4 is 21.8 Å². The summed E-state index contributed by atoms with van der Waals surface area (Å²) in [7, 11) is -3.93. The number of hydrogen-bond donors (Lipinski definition) is 2. The molecule has 8 nitrogen and oxygen atoms in total. The molecule has 0 aliphatic carbocycles. The number of ether oxygens (including phenoxy) is 1. The largest absolute Gasteiger partial charge is 0.360 e. The average molecular weight is 415 g/mol. The summed E-state index contributed by atoms with van der Waals surface area (Å²) in [5.41, 5.74) is 0. The molecule has 1 aromatic rings. The first kappa shape index (κ1) is 22.3. The van der Waals surface area contributed by atoms with E-state index in [1.165, 1.54) is 12.1 Å². The van der Waals surface area contributed by atoms with Crippen LogP contribution < -0.4 is 10.6 Å². The lowest BCUT2D eigenvalue weighted by molar-refractivity contribution is -0.140. The van der Waals surface area contributed by atoms with Crippen molar-refractivity contribution < 1.29 is 27.1 Å². The van der Waals surface area contributed by atoms with Gasteiger partial charge in [0, 0.05) is 13.1 Å². The number of halogens is 1. The molecule has 1 atom stereocenters. The van der Waals surface area contributed by atoms with E-state index in [0.29, 0.717) is 25.5 Å². The number of nitrogens with zero attached hydrogens (tertiary/aromatic N) is 1. The molecule has 1 aromatic carbocycles. The van der Waals surface area contributed by atoms with Gasteiger partial charge in [-0.3, -0.25) is 9.59 Å². The van der Waals surface area contributed by atoms with E-state index in [1.54, 1.807) is 0 Å². The van der Waals surface area contributed by atoms with E-state index in [1.807, 2.05) is 13.8 Å². The second-order valence-corrected chi connectivity index (χ2v) is 8.79. The van der Waals surface area contributed by atoms with Gasteiger partial charge in [0.05, 0.1) is 18.0 Å². The van der Waals surface area contributed by atoms with Gasteiger partial charge in [-0.1, -0.05) is 13.8 Å². The minimum atomic E-state index is -3.93. The summed E-state index contributed by atoms with van der Waals surface area (Å²) in [5.74, 6) is -1.77. The molecule has 0 spiro atoms. The first-order chi connectivity index (χ1) is 13.2. The third-order valence-electron chi connectivity index (χ3n) is 4.23. The van der Waals surface area contributed by atoms with Crippen molar-refractivity contribution in [3.05, 3.63) is 30.1 Å². The summed E-state index contributed by atoms with van der Waals surface area (Å²) in [5, 5.41) is 4.93. The Morgan fingerprint density at radius 1 is 1.21 bits per heavy atom. The maximum atomic E-state index is 13.1. The monoisotopic (exact) mass is 415 g/mol. The van der Waals surface area contributed by atoms with E-state index in [9.17, 15) is 22.4 Å². The van der Waals surface area contributed by atoms with Gasteiger partial charge in [0.2, 0.25) is 10.0 Å². The van der Waals surface area contributed by atoms with Crippen LogP contribution in [0.3, 0.4) is 0 Å². The van der Waals surface area contributed by atoms with Crippen molar-refractivity contribution in [1.29, 1.82) is 0 Å². The van der Waals surface area contributed by atoms with Crippen LogP contribution in [0.1, 0.15) is 26.7 Å². The van der Waals surface area contributed by atoms with Crippen LogP contribution in [0.25, 0.3) is 0 Å². The van der Waals surface area contributed by atoms with Crippen LogP contribution in [0.4, 0.5) is 4.39 Å². The number of benzene rings is 1. The van der Waals surface area contributed by atoms with Crippen molar-refractivity contribution in [3.63, 3.8) is 0 Å². The molecule has 10 heteroatoms. The van der Waals surface area contributed by atoms with Crippen molar-refractivity contribution in [2.24, 2.45) is 5.92 Å². The predicted molar refractivity (Wildman–Crippen MR) is 100 cm³/mol. The quantitative estimate of drug-likeness (QED) is 0.642. The summed E-state index contributed by atoms with van der Waals surface area (Å²) < 4.78 is 45.3. The number of carbonyl (C=O) groups is 2. The van der Waals surface area contributed by atoms with Crippen molar-refractivity contribution in [1.82, 2.24) is 14.9 Å². The number of rotatable bonds is 7. The zero-order valence-electron chi connectivity index (χ0n) is 16.0. The van der Waals surface area contributed by atoms with Crippen LogP contribution >= 0.6 is 0 Å². The lowest BCUT2D eigenvalue weighted by atomic mass is 10.1. The molecule has 2 amide bonds. The highest BCUT2D eigenvalue weighted by atomic mass is 32.2. The molecule has 2 N–H and O–H groups in total. The molecule has 1 aliphatic heterocycles. The number of amides is 2. The van der Waals surface area contributed by atoms with Gasteiger partial charge >= 0.3 is 11.8 Å². The zero-order chi connectivity index (χ0) is 20.7. The molecule has 1 saturated heterocycles. The van der Waals surface area contributed by atoms with E-state index in [4.69, 9.17) is 4.74 Å². The third-order valence-corrected chi connectivity index (χ3v) is 6.13. The molecule has 0 saturated carbocycles. The maximum Gasteiger partial charge on any atom is 0.309 e. The van der Waals surface area contributed by atoms with Gasteiger partial charge in [-0.25, -0.2) is 12.8 Å². The summed E-state index contributed by atoms with van der Waals surface area (Å²) in [4.78, 5) is 23.7. The normalized spacial score (nSPS) is 18.1. The van der Waals surface area contributed by atoms with Gasteiger partial charge < -0.3 is 15.4 Å². The van der Waals surface area contributed by atoms with Gasteiger partial charge in [0.1, 0.15) is 12.0 Å². The number of nitrogens with one attached hydrogen (secondary N) is 2. The standard InChI is InChI=1S/C18H26FN3O5S/c1-13(2)8-9-20-17(23)18(24)21-12-16-22(10-3-11-27-16)28(25,26)15-6-4-14(19)5-7-15/h4-7,13,16H,3,8-12H2,1-2H3,(H,20,23)(H,21,24)/t16-/m0/s1. The highest BCUT2D eigenvalue weighted by Gasteiger charge is 2.34. The van der Waals surface area contributed by atoms with Crippen molar-refractivity contribution in [2.45, 2.75) is 37.8 Å². The zero-order valence-corrected chi connectivity index (χ0v) is 16.8. The Morgan fingerprint density at radius 3 is 2.50 bits per heavy atom. The van der Waals surface area contributed by atoms with Gasteiger partial charge in [-0.2, -0.15) is 4.31 Å². The Bertz CT molecular complexity index is 783. The molecule has 156 valence electrons. The van der Waals surface area contributed by atoms with Gasteiger partial charge in [-0.15, -0.1) is 0 Å². The van der Waals surface area contributed by atoms with Gasteiger partial charge in [0.25, 0.3) is 0 Å². The molecule has 0 radical (unpaired) electrons. The minimum absolute atomic E-state index is 0.0674. The first-order valence-corrected chi connectivity index (χ1v) is 10.6. The first-order valence-electron chi connectivity index (χ1n) is 9.17. The lowest BCUT2D eigenvalue weighted by Crippen LogP contribution is -2.53. The van der Waals surface area contributed by atoms with E-state index >= 15 is 0 Å². The van der Waals surface area contributed by atoms with Crippen LogP contribution in [0.5, 0.6) is 0 Å². The number of sulfonamides is 1. The Labute approximate surface area is 164 Å². The number of carbonyl (C=O) groups excluding carboxylic acids is 2. The van der Waals surface area contributed by atoms with E-state index < -0.39 is 33.9 Å². The molecular weight excluding hydrogens is 389 g/mol. The molecule has 0 bridgehead atoms. The summed E-state index contributed by atoms with van der Waals surface area (Å²) in [6, 6.07) is 4.49. The van der Waals surface area contributed by atoms with Crippen molar-refractivity contribution in [2.75, 3.05) is 26.2 Å². The van der Waals surface area contributed by atoms with Crippen LogP contribution in [0.2, 0.25) is 0 Å². The Morgan fingerprint density at radius 2 is 1.86 bits per heavy atom. The fraction of sp³-hybridized carbons (Fsp3) is 0.556. The van der Waals surface area contributed by atoms with Crippen molar-refractivity contribution in [3.8, 4) is 0 Å². The summed E-state index contributed by atoms with van der Waals surface area (Å²) >= 11 is 0. The van der Waals surface area contributed by atoms with E-state index in [2.05, 4.69) is 10.6 Å². The Hall–Kier alpha value is -2.04. The molecule has 1 fully saturated rings. The highest BCUT2D eigenvalue weighted by molar-refractivity contribution is 7.89. The third kappa shape index (κ3) is 5.98. The van der Waals surface area contributed by atoms with Crippen LogP contribution in [-0.4, -0.2) is 57.0 Å². The summed E-state index contributed by atoms with van der Waals surface area (Å²) in [6.07, 6.45) is 0.283. The minimum Gasteiger partial charge on any atom is -0.360 e. The highest BCUT2D eigenvalue weighted by Crippen LogP contribution is 2.22. The lowest BCUT2D eigenvalue weighted by Gasteiger charge is -2.34. The van der Waals surface area contributed by atoms with Gasteiger partial charge in [-0.05, 0) is 43.0 Å². The molecular formula is C18H26FN3O5S. The Balaban J connectivity index is 1.98. The molecule has 2 rings (SSSR count). The Kier molecular flexibility index (Phi) is 7.90. The number of hydrogen-bond acceptors (Lipinski definition) is 5. The van der Waals surface area contributed by atoms with Gasteiger partial charge in [0.15, 0.2) is 0 Å². The molecule has 28 heavy (non-hydrogen) atoms. The van der Waals surface area contributed by atoms with E-state index in [-0.39, 0.29) is 18.0 Å². The fourth-order valence-corrected chi connectivity index (χ4v) is 4.22. The predicted octanol–water partition coefficient (Wildman–Crippen LogP) is 0.841. The molecule has 0 unspecified atom stereocenters. The summed E-state index contributed by atoms with van der Waals surface area (Å²) in [6.45, 7) is 4.74. The smallest absolute Gasteiger partial charge is 0.309 e. The van der Waals surface area contributed by atoms with Crippen LogP contribution in [0.15, 0.2) is 29.2 Å². The SMILES string of the molecule is CC(C)CCNC(=O)C(=O)NC[C@@H]1OCCCN1S(=O)(=O)c1ccc(F)cc1. The second-order valence-electron chi connectivity index (χ2n) is 6.90. The maximum absolute atomic E-state index is 13.1. The topological polar surface area (TPSA) is 105 Å². The van der Waals surface area contributed by atoms with Crippen LogP contribution in [0, 0.1) is 11.7 Å². The fourth-order valence-electron chi connectivity index (χ4n) is 2.66. The molecule has 1 heterocycles. The average Bonchev–Trinajstić information content (AvgIpc) is 2.66. The second kappa shape index (κ2) is 9.94. The van der Waals surface area contributed by atoms with Crippen LogP contribution in [-0.2, 0) is 24.3 Å². The molecule has 0 aromatic heterocycles. The molecule has 1 aliphatic rings. The van der Waals surface area contributed by atoms with E-state index in [0.717, 1.165) is 22.9 Å².